The van der Waals surface area contributed by atoms with Crippen molar-refractivity contribution >= 4 is 32.5 Å². The third kappa shape index (κ3) is 1.56. The smallest absolute Gasteiger partial charge is 0.282 e. The normalized spacial score (nSPS) is 14.5. The second-order valence-corrected chi connectivity index (χ2v) is 5.93. The van der Waals surface area contributed by atoms with E-state index < -0.39 is 10.1 Å². The second-order valence-electron chi connectivity index (χ2n) is 4.16. The molecule has 1 aliphatic carbocycles. The molecule has 3 rings (SSSR count). The molecule has 0 aliphatic heterocycles. The van der Waals surface area contributed by atoms with Crippen LogP contribution in [-0.4, -0.2) is 13.0 Å². The SMILES string of the molecule is O=S(=O)(O)c1cc2c3c(cccc3c1Cl)CC2. The van der Waals surface area contributed by atoms with Gasteiger partial charge in [0, 0.05) is 5.39 Å². The van der Waals surface area contributed by atoms with Gasteiger partial charge in [-0.3, -0.25) is 4.55 Å². The Labute approximate surface area is 104 Å². The molecule has 0 saturated carbocycles. The van der Waals surface area contributed by atoms with Gasteiger partial charge in [0.2, 0.25) is 0 Å². The summed E-state index contributed by atoms with van der Waals surface area (Å²) in [5, 5.41) is 1.84. The molecule has 3 nitrogen and oxygen atoms in total. The highest BCUT2D eigenvalue weighted by atomic mass is 35.5. The molecule has 0 amide bonds. The van der Waals surface area contributed by atoms with E-state index in [1.165, 1.54) is 11.6 Å². The lowest BCUT2D eigenvalue weighted by Gasteiger charge is -2.08. The molecule has 0 bridgehead atoms. The number of rotatable bonds is 1. The minimum absolute atomic E-state index is 0.106. The molecular formula is C12H9ClO3S. The van der Waals surface area contributed by atoms with Gasteiger partial charge >= 0.3 is 0 Å². The molecule has 5 heteroatoms. The van der Waals surface area contributed by atoms with Gasteiger partial charge in [-0.25, -0.2) is 0 Å². The molecule has 0 atom stereocenters. The summed E-state index contributed by atoms with van der Waals surface area (Å²) in [5.41, 5.74) is 2.12. The van der Waals surface area contributed by atoms with E-state index in [4.69, 9.17) is 16.2 Å². The number of halogens is 1. The van der Waals surface area contributed by atoms with Crippen LogP contribution in [0.4, 0.5) is 0 Å². The van der Waals surface area contributed by atoms with Crippen molar-refractivity contribution in [2.75, 3.05) is 0 Å². The predicted molar refractivity (Wildman–Crippen MR) is 66.2 cm³/mol. The lowest BCUT2D eigenvalue weighted by Crippen LogP contribution is -2.00. The highest BCUT2D eigenvalue weighted by Crippen LogP contribution is 2.38. The molecular weight excluding hydrogens is 260 g/mol. The van der Waals surface area contributed by atoms with E-state index in [1.807, 2.05) is 12.1 Å². The fourth-order valence-electron chi connectivity index (χ4n) is 2.45. The van der Waals surface area contributed by atoms with E-state index in [9.17, 15) is 8.42 Å². The third-order valence-corrected chi connectivity index (χ3v) is 4.57. The fraction of sp³-hybridized carbons (Fsp3) is 0.167. The van der Waals surface area contributed by atoms with E-state index in [0.29, 0.717) is 5.39 Å². The van der Waals surface area contributed by atoms with Gasteiger partial charge in [-0.1, -0.05) is 29.8 Å². The van der Waals surface area contributed by atoms with Crippen molar-refractivity contribution in [3.05, 3.63) is 40.4 Å². The summed E-state index contributed by atoms with van der Waals surface area (Å²) < 4.78 is 31.7. The first-order valence-corrected chi connectivity index (χ1v) is 7.01. The highest BCUT2D eigenvalue weighted by molar-refractivity contribution is 7.86. The van der Waals surface area contributed by atoms with Gasteiger partial charge in [0.05, 0.1) is 5.02 Å². The summed E-state index contributed by atoms with van der Waals surface area (Å²) in [5.74, 6) is 0. The van der Waals surface area contributed by atoms with Gasteiger partial charge in [-0.2, -0.15) is 8.42 Å². The van der Waals surface area contributed by atoms with Crippen molar-refractivity contribution < 1.29 is 13.0 Å². The Hall–Kier alpha value is -1.10. The Morgan fingerprint density at radius 2 is 1.88 bits per heavy atom. The largest absolute Gasteiger partial charge is 0.296 e. The van der Waals surface area contributed by atoms with Crippen molar-refractivity contribution in [2.24, 2.45) is 0 Å². The van der Waals surface area contributed by atoms with Crippen LogP contribution in [0.15, 0.2) is 29.2 Å². The second kappa shape index (κ2) is 3.45. The molecule has 88 valence electrons. The summed E-state index contributed by atoms with van der Waals surface area (Å²) in [6, 6.07) is 7.13. The zero-order valence-corrected chi connectivity index (χ0v) is 10.3. The van der Waals surface area contributed by atoms with Crippen LogP contribution in [0.2, 0.25) is 5.02 Å². The summed E-state index contributed by atoms with van der Waals surface area (Å²) >= 11 is 6.06. The summed E-state index contributed by atoms with van der Waals surface area (Å²) in [6.07, 6.45) is 1.67. The van der Waals surface area contributed by atoms with Crippen LogP contribution in [0, 0.1) is 0 Å². The van der Waals surface area contributed by atoms with Crippen LogP contribution in [0.3, 0.4) is 0 Å². The molecule has 0 aromatic heterocycles. The molecule has 0 radical (unpaired) electrons. The zero-order chi connectivity index (χ0) is 12.2. The minimum Gasteiger partial charge on any atom is -0.282 e. The number of benzene rings is 2. The molecule has 0 fully saturated rings. The Balaban J connectivity index is 2.52. The highest BCUT2D eigenvalue weighted by Gasteiger charge is 2.23. The summed E-state index contributed by atoms with van der Waals surface area (Å²) in [7, 11) is -4.27. The molecule has 1 aliphatic rings. The summed E-state index contributed by atoms with van der Waals surface area (Å²) in [4.78, 5) is -0.194. The van der Waals surface area contributed by atoms with Gasteiger partial charge in [0.25, 0.3) is 10.1 Å². The van der Waals surface area contributed by atoms with Crippen LogP contribution >= 0.6 is 11.6 Å². The number of hydrogen-bond acceptors (Lipinski definition) is 2. The predicted octanol–water partition coefficient (Wildman–Crippen LogP) is 2.84. The summed E-state index contributed by atoms with van der Waals surface area (Å²) in [6.45, 7) is 0. The Morgan fingerprint density at radius 3 is 2.59 bits per heavy atom. The fourth-order valence-corrected chi connectivity index (χ4v) is 3.58. The zero-order valence-electron chi connectivity index (χ0n) is 8.77. The van der Waals surface area contributed by atoms with Crippen molar-refractivity contribution in [3.8, 4) is 0 Å². The lowest BCUT2D eigenvalue weighted by molar-refractivity contribution is 0.483. The first kappa shape index (κ1) is 11.0. The van der Waals surface area contributed by atoms with Crippen molar-refractivity contribution in [2.45, 2.75) is 17.7 Å². The maximum Gasteiger partial charge on any atom is 0.296 e. The number of aryl methyl sites for hydroxylation is 2. The van der Waals surface area contributed by atoms with Crippen LogP contribution in [0.5, 0.6) is 0 Å². The van der Waals surface area contributed by atoms with Gasteiger partial charge in [-0.15, -0.1) is 0 Å². The van der Waals surface area contributed by atoms with E-state index in [-0.39, 0.29) is 9.92 Å². The van der Waals surface area contributed by atoms with E-state index in [2.05, 4.69) is 0 Å². The maximum absolute atomic E-state index is 11.3. The van der Waals surface area contributed by atoms with Crippen LogP contribution in [-0.2, 0) is 23.0 Å². The first-order valence-electron chi connectivity index (χ1n) is 5.19. The molecule has 2 aromatic rings. The lowest BCUT2D eigenvalue weighted by atomic mass is 10.1. The minimum atomic E-state index is -4.27. The first-order chi connectivity index (χ1) is 7.98. The topological polar surface area (TPSA) is 54.4 Å². The standard InChI is InChI=1S/C12H9ClO3S/c13-12-9-3-1-2-7-4-5-8(11(7)9)6-10(12)17(14,15)16/h1-3,6H,4-5H2,(H,14,15,16). The monoisotopic (exact) mass is 268 g/mol. The maximum atomic E-state index is 11.3. The molecule has 17 heavy (non-hydrogen) atoms. The van der Waals surface area contributed by atoms with Gasteiger partial charge in [-0.05, 0) is 35.4 Å². The van der Waals surface area contributed by atoms with Gasteiger partial charge in [0.15, 0.2) is 0 Å². The average Bonchev–Trinajstić information content (AvgIpc) is 2.66. The Kier molecular flexibility index (Phi) is 2.23. The van der Waals surface area contributed by atoms with Crippen molar-refractivity contribution in [1.82, 2.24) is 0 Å². The third-order valence-electron chi connectivity index (χ3n) is 3.17. The van der Waals surface area contributed by atoms with E-state index in [1.54, 1.807) is 6.07 Å². The average molecular weight is 269 g/mol. The Bertz CT molecular complexity index is 735. The quantitative estimate of drug-likeness (QED) is 0.809. The molecule has 2 aromatic carbocycles. The van der Waals surface area contributed by atoms with E-state index in [0.717, 1.165) is 23.8 Å². The van der Waals surface area contributed by atoms with Gasteiger partial charge in [0.1, 0.15) is 4.90 Å². The molecule has 0 heterocycles. The molecule has 1 N–H and O–H groups in total. The molecule has 0 saturated heterocycles. The van der Waals surface area contributed by atoms with Crippen LogP contribution < -0.4 is 0 Å². The van der Waals surface area contributed by atoms with Crippen LogP contribution in [0.1, 0.15) is 11.1 Å². The van der Waals surface area contributed by atoms with Crippen molar-refractivity contribution in [1.29, 1.82) is 0 Å². The molecule has 0 spiro atoms. The Morgan fingerprint density at radius 1 is 1.18 bits per heavy atom. The van der Waals surface area contributed by atoms with Gasteiger partial charge < -0.3 is 0 Å². The van der Waals surface area contributed by atoms with Crippen LogP contribution in [0.25, 0.3) is 10.8 Å². The number of hydrogen-bond donors (Lipinski definition) is 1. The van der Waals surface area contributed by atoms with E-state index >= 15 is 0 Å². The molecule has 0 unspecified atom stereocenters. The van der Waals surface area contributed by atoms with Crippen molar-refractivity contribution in [3.63, 3.8) is 0 Å².